The second-order valence-electron chi connectivity index (χ2n) is 4.62. The molecule has 0 aliphatic heterocycles. The normalized spacial score (nSPS) is 51.9. The van der Waals surface area contributed by atoms with Gasteiger partial charge < -0.3 is 0 Å². The molecule has 0 aromatic rings. The van der Waals surface area contributed by atoms with E-state index in [0.717, 1.165) is 23.7 Å². The Hall–Kier alpha value is -0.260. The molecule has 0 amide bonds. The van der Waals surface area contributed by atoms with Gasteiger partial charge >= 0.3 is 0 Å². The van der Waals surface area contributed by atoms with Crippen LogP contribution in [0.1, 0.15) is 32.6 Å². The minimum absolute atomic E-state index is 0.978. The number of hydrogen-bond acceptors (Lipinski definition) is 0. The molecule has 0 spiro atoms. The van der Waals surface area contributed by atoms with Crippen LogP contribution in [-0.4, -0.2) is 0 Å². The molecule has 0 aromatic heterocycles. The minimum atomic E-state index is 0.978. The summed E-state index contributed by atoms with van der Waals surface area (Å²) in [6.45, 7) is 2.33. The van der Waals surface area contributed by atoms with Crippen molar-refractivity contribution in [1.29, 1.82) is 0 Å². The first-order chi connectivity index (χ1) is 5.38. The van der Waals surface area contributed by atoms with E-state index in [2.05, 4.69) is 13.0 Å². The molecule has 3 aliphatic carbocycles. The van der Waals surface area contributed by atoms with Gasteiger partial charge in [-0.15, -0.1) is 0 Å². The van der Waals surface area contributed by atoms with E-state index >= 15 is 0 Å². The predicted molar refractivity (Wildman–Crippen MR) is 46.2 cm³/mol. The molecule has 60 valence electrons. The standard InChI is InChI=1S/C11H16/c1-2-7-3-10-5-8-4-9(8)6-11(7)10/h3,7-9,11H,2,4-6H2,1H3. The van der Waals surface area contributed by atoms with Crippen LogP contribution in [-0.2, 0) is 0 Å². The maximum absolute atomic E-state index is 2.55. The highest BCUT2D eigenvalue weighted by Gasteiger charge is 2.48. The highest BCUT2D eigenvalue weighted by atomic mass is 14.5. The lowest BCUT2D eigenvalue weighted by atomic mass is 9.66. The summed E-state index contributed by atoms with van der Waals surface area (Å²) in [6.07, 6.45) is 8.52. The smallest absolute Gasteiger partial charge is 0.0137 e. The fraction of sp³-hybridized carbons (Fsp3) is 0.818. The lowest BCUT2D eigenvalue weighted by molar-refractivity contribution is 0.297. The van der Waals surface area contributed by atoms with Crippen molar-refractivity contribution >= 4 is 0 Å². The molecule has 2 fully saturated rings. The summed E-state index contributed by atoms with van der Waals surface area (Å²) in [4.78, 5) is 0. The Labute approximate surface area is 68.7 Å². The van der Waals surface area contributed by atoms with Crippen molar-refractivity contribution in [2.75, 3.05) is 0 Å². The maximum atomic E-state index is 2.55. The van der Waals surface area contributed by atoms with Crippen molar-refractivity contribution in [2.24, 2.45) is 23.7 Å². The third-order valence-corrected chi connectivity index (χ3v) is 4.02. The van der Waals surface area contributed by atoms with Gasteiger partial charge in [0.1, 0.15) is 0 Å². The summed E-state index contributed by atoms with van der Waals surface area (Å²) in [5, 5.41) is 0. The van der Waals surface area contributed by atoms with Crippen LogP contribution in [0.5, 0.6) is 0 Å². The molecule has 0 bridgehead atoms. The third-order valence-electron chi connectivity index (χ3n) is 4.02. The fourth-order valence-electron chi connectivity index (χ4n) is 3.10. The maximum Gasteiger partial charge on any atom is -0.0137 e. The largest absolute Gasteiger partial charge is 0.0813 e. The van der Waals surface area contributed by atoms with Gasteiger partial charge in [0.15, 0.2) is 0 Å². The van der Waals surface area contributed by atoms with Crippen LogP contribution in [0.2, 0.25) is 0 Å². The second-order valence-corrected chi connectivity index (χ2v) is 4.62. The minimum Gasteiger partial charge on any atom is -0.0813 e. The molecule has 0 N–H and O–H groups in total. The molecule has 3 rings (SSSR count). The van der Waals surface area contributed by atoms with E-state index in [9.17, 15) is 0 Å². The molecule has 0 radical (unpaired) electrons. The summed E-state index contributed by atoms with van der Waals surface area (Å²) < 4.78 is 0. The molecule has 0 aromatic carbocycles. The molecule has 0 nitrogen and oxygen atoms in total. The Morgan fingerprint density at radius 2 is 2.27 bits per heavy atom. The Bertz CT molecular complexity index is 214. The van der Waals surface area contributed by atoms with Gasteiger partial charge in [-0.1, -0.05) is 18.6 Å². The number of allylic oxidation sites excluding steroid dienone is 2. The molecule has 0 saturated heterocycles. The highest BCUT2D eigenvalue weighted by Crippen LogP contribution is 2.59. The number of hydrogen-bond donors (Lipinski definition) is 0. The van der Waals surface area contributed by atoms with Gasteiger partial charge in [-0.05, 0) is 49.4 Å². The molecule has 0 heteroatoms. The number of fused-ring (bicyclic) bond motifs is 2. The van der Waals surface area contributed by atoms with Crippen LogP contribution in [0.3, 0.4) is 0 Å². The summed E-state index contributed by atoms with van der Waals surface area (Å²) in [6, 6.07) is 0. The van der Waals surface area contributed by atoms with Crippen LogP contribution in [0.25, 0.3) is 0 Å². The molecular formula is C11H16. The van der Waals surface area contributed by atoms with Gasteiger partial charge in [0.25, 0.3) is 0 Å². The molecule has 3 aliphatic rings. The van der Waals surface area contributed by atoms with E-state index in [1.165, 1.54) is 12.8 Å². The van der Waals surface area contributed by atoms with E-state index in [1.54, 1.807) is 12.8 Å². The summed E-state index contributed by atoms with van der Waals surface area (Å²) in [7, 11) is 0. The lowest BCUT2D eigenvalue weighted by Crippen LogP contribution is -2.28. The van der Waals surface area contributed by atoms with Gasteiger partial charge in [0.2, 0.25) is 0 Å². The van der Waals surface area contributed by atoms with Gasteiger partial charge in [0.05, 0.1) is 0 Å². The Morgan fingerprint density at radius 3 is 3.09 bits per heavy atom. The lowest BCUT2D eigenvalue weighted by Gasteiger charge is -2.39. The zero-order chi connectivity index (χ0) is 7.42. The van der Waals surface area contributed by atoms with Crippen LogP contribution in [0, 0.1) is 23.7 Å². The third kappa shape index (κ3) is 0.758. The summed E-state index contributed by atoms with van der Waals surface area (Å²) in [5.74, 6) is 4.32. The Balaban J connectivity index is 1.80. The molecular weight excluding hydrogens is 132 g/mol. The average Bonchev–Trinajstić information content (AvgIpc) is 2.71. The van der Waals surface area contributed by atoms with E-state index in [0.29, 0.717) is 0 Å². The fourth-order valence-corrected chi connectivity index (χ4v) is 3.10. The van der Waals surface area contributed by atoms with Crippen molar-refractivity contribution < 1.29 is 0 Å². The molecule has 0 heterocycles. The second kappa shape index (κ2) is 1.91. The van der Waals surface area contributed by atoms with Crippen LogP contribution < -0.4 is 0 Å². The van der Waals surface area contributed by atoms with Gasteiger partial charge in [-0.2, -0.15) is 0 Å². The van der Waals surface area contributed by atoms with Crippen LogP contribution in [0.15, 0.2) is 11.6 Å². The van der Waals surface area contributed by atoms with Crippen LogP contribution >= 0.6 is 0 Å². The first kappa shape index (κ1) is 6.28. The highest BCUT2D eigenvalue weighted by molar-refractivity contribution is 5.27. The topological polar surface area (TPSA) is 0 Å². The van der Waals surface area contributed by atoms with Crippen molar-refractivity contribution in [1.82, 2.24) is 0 Å². The van der Waals surface area contributed by atoms with Crippen molar-refractivity contribution in [3.63, 3.8) is 0 Å². The first-order valence-corrected chi connectivity index (χ1v) is 5.09. The molecule has 4 unspecified atom stereocenters. The van der Waals surface area contributed by atoms with Gasteiger partial charge in [-0.25, -0.2) is 0 Å². The zero-order valence-corrected chi connectivity index (χ0v) is 7.22. The quantitative estimate of drug-likeness (QED) is 0.501. The Kier molecular flexibility index (Phi) is 1.09. The summed E-state index contributed by atoms with van der Waals surface area (Å²) in [5.41, 5.74) is 1.83. The first-order valence-electron chi connectivity index (χ1n) is 5.09. The molecule has 11 heavy (non-hydrogen) atoms. The van der Waals surface area contributed by atoms with Crippen molar-refractivity contribution in [2.45, 2.75) is 32.6 Å². The molecule has 4 atom stereocenters. The Morgan fingerprint density at radius 1 is 1.36 bits per heavy atom. The van der Waals surface area contributed by atoms with E-state index < -0.39 is 0 Å². The van der Waals surface area contributed by atoms with E-state index in [-0.39, 0.29) is 0 Å². The van der Waals surface area contributed by atoms with Gasteiger partial charge in [-0.3, -0.25) is 0 Å². The van der Waals surface area contributed by atoms with Crippen molar-refractivity contribution in [3.8, 4) is 0 Å². The van der Waals surface area contributed by atoms with Crippen LogP contribution in [0.4, 0.5) is 0 Å². The van der Waals surface area contributed by atoms with E-state index in [1.807, 2.05) is 5.57 Å². The predicted octanol–water partition coefficient (Wildman–Crippen LogP) is 3.00. The molecule has 2 saturated carbocycles. The zero-order valence-electron chi connectivity index (χ0n) is 7.22. The van der Waals surface area contributed by atoms with Crippen molar-refractivity contribution in [3.05, 3.63) is 11.6 Å². The monoisotopic (exact) mass is 148 g/mol. The summed E-state index contributed by atoms with van der Waals surface area (Å²) >= 11 is 0. The average molecular weight is 148 g/mol. The number of rotatable bonds is 1. The van der Waals surface area contributed by atoms with E-state index in [4.69, 9.17) is 0 Å². The van der Waals surface area contributed by atoms with Gasteiger partial charge in [0, 0.05) is 0 Å². The SMILES string of the molecule is CCC1C=C2CC3CC3CC21.